The van der Waals surface area contributed by atoms with Gasteiger partial charge >= 0.3 is 0 Å². The zero-order valence-corrected chi connectivity index (χ0v) is 11.0. The van der Waals surface area contributed by atoms with E-state index >= 15 is 0 Å². The first-order chi connectivity index (χ1) is 9.22. The highest BCUT2D eigenvalue weighted by molar-refractivity contribution is 5.99. The molecule has 0 saturated carbocycles. The van der Waals surface area contributed by atoms with Gasteiger partial charge in [0.05, 0.1) is 5.56 Å². The molecule has 0 heterocycles. The number of rotatable bonds is 4. The summed E-state index contributed by atoms with van der Waals surface area (Å²) < 4.78 is 0. The fourth-order valence-corrected chi connectivity index (χ4v) is 1.99. The molecule has 2 rings (SSSR count). The molecule has 0 saturated heterocycles. The van der Waals surface area contributed by atoms with E-state index < -0.39 is 0 Å². The van der Waals surface area contributed by atoms with Crippen molar-refractivity contribution in [2.45, 2.75) is 13.5 Å². The molecule has 0 aromatic heterocycles. The van der Waals surface area contributed by atoms with Crippen LogP contribution in [0, 0.1) is 0 Å². The van der Waals surface area contributed by atoms with E-state index in [0.717, 1.165) is 5.56 Å². The lowest BCUT2D eigenvalue weighted by Crippen LogP contribution is -2.30. The normalized spacial score (nSPS) is 10.2. The monoisotopic (exact) mass is 254 g/mol. The molecule has 0 spiro atoms. The molecule has 2 N–H and O–H groups in total. The standard InChI is InChI=1S/C16H18N2O/c1-2-18(12-13-8-4-3-5-9-13)16(19)14-10-6-7-11-15(14)17/h3-11H,2,12,17H2,1H3. The minimum absolute atomic E-state index is 0.0237. The quantitative estimate of drug-likeness (QED) is 0.853. The van der Waals surface area contributed by atoms with E-state index in [0.29, 0.717) is 24.3 Å². The van der Waals surface area contributed by atoms with Crippen LogP contribution < -0.4 is 5.73 Å². The number of nitrogens with two attached hydrogens (primary N) is 1. The number of amides is 1. The Bertz CT molecular complexity index is 552. The van der Waals surface area contributed by atoms with Gasteiger partial charge in [0.2, 0.25) is 0 Å². The number of nitrogen functional groups attached to an aromatic ring is 1. The Balaban J connectivity index is 2.18. The van der Waals surface area contributed by atoms with Crippen molar-refractivity contribution in [2.75, 3.05) is 12.3 Å². The molecular formula is C16H18N2O. The molecule has 0 bridgehead atoms. The molecule has 0 fully saturated rings. The Hall–Kier alpha value is -2.29. The molecule has 0 atom stereocenters. The van der Waals surface area contributed by atoms with Gasteiger partial charge in [-0.2, -0.15) is 0 Å². The van der Waals surface area contributed by atoms with Crippen LogP contribution in [0.3, 0.4) is 0 Å². The fraction of sp³-hybridized carbons (Fsp3) is 0.188. The number of carbonyl (C=O) groups excluding carboxylic acids is 1. The zero-order valence-electron chi connectivity index (χ0n) is 11.0. The summed E-state index contributed by atoms with van der Waals surface area (Å²) in [5.74, 6) is -0.0237. The van der Waals surface area contributed by atoms with Crippen LogP contribution in [0.25, 0.3) is 0 Å². The molecule has 19 heavy (non-hydrogen) atoms. The van der Waals surface area contributed by atoms with Crippen molar-refractivity contribution < 1.29 is 4.79 Å². The second-order valence-electron chi connectivity index (χ2n) is 4.39. The van der Waals surface area contributed by atoms with Gasteiger partial charge in [-0.25, -0.2) is 0 Å². The third-order valence-electron chi connectivity index (χ3n) is 3.08. The summed E-state index contributed by atoms with van der Waals surface area (Å²) >= 11 is 0. The maximum atomic E-state index is 12.4. The molecule has 2 aromatic rings. The van der Waals surface area contributed by atoms with Gasteiger partial charge in [0.1, 0.15) is 0 Å². The van der Waals surface area contributed by atoms with Crippen LogP contribution in [0.15, 0.2) is 54.6 Å². The van der Waals surface area contributed by atoms with Crippen molar-refractivity contribution in [3.8, 4) is 0 Å². The molecule has 3 nitrogen and oxygen atoms in total. The van der Waals surface area contributed by atoms with Crippen molar-refractivity contribution >= 4 is 11.6 Å². The molecule has 3 heteroatoms. The van der Waals surface area contributed by atoms with Crippen molar-refractivity contribution in [3.05, 3.63) is 65.7 Å². The Morgan fingerprint density at radius 2 is 1.68 bits per heavy atom. The van der Waals surface area contributed by atoms with Crippen molar-refractivity contribution in [1.29, 1.82) is 0 Å². The number of hydrogen-bond acceptors (Lipinski definition) is 2. The summed E-state index contributed by atoms with van der Waals surface area (Å²) in [7, 11) is 0. The van der Waals surface area contributed by atoms with E-state index in [1.54, 1.807) is 17.0 Å². The zero-order chi connectivity index (χ0) is 13.7. The van der Waals surface area contributed by atoms with Crippen LogP contribution in [-0.4, -0.2) is 17.4 Å². The lowest BCUT2D eigenvalue weighted by atomic mass is 10.1. The molecule has 98 valence electrons. The van der Waals surface area contributed by atoms with E-state index in [4.69, 9.17) is 5.73 Å². The number of benzene rings is 2. The Kier molecular flexibility index (Phi) is 4.18. The first-order valence-electron chi connectivity index (χ1n) is 6.40. The van der Waals surface area contributed by atoms with Gasteiger partial charge in [-0.1, -0.05) is 42.5 Å². The van der Waals surface area contributed by atoms with Gasteiger partial charge in [0.25, 0.3) is 5.91 Å². The lowest BCUT2D eigenvalue weighted by molar-refractivity contribution is 0.0753. The van der Waals surface area contributed by atoms with Gasteiger partial charge in [-0.05, 0) is 24.6 Å². The van der Waals surface area contributed by atoms with Crippen LogP contribution in [0.4, 0.5) is 5.69 Å². The average Bonchev–Trinajstić information content (AvgIpc) is 2.46. The van der Waals surface area contributed by atoms with Crippen molar-refractivity contribution in [1.82, 2.24) is 4.90 Å². The third-order valence-corrected chi connectivity index (χ3v) is 3.08. The van der Waals surface area contributed by atoms with Gasteiger partial charge < -0.3 is 10.6 Å². The van der Waals surface area contributed by atoms with E-state index in [1.807, 2.05) is 49.4 Å². The summed E-state index contributed by atoms with van der Waals surface area (Å²) in [6.45, 7) is 3.23. The number of carbonyl (C=O) groups is 1. The number of nitrogens with zero attached hydrogens (tertiary/aromatic N) is 1. The molecule has 2 aromatic carbocycles. The van der Waals surface area contributed by atoms with Crippen LogP contribution in [0.5, 0.6) is 0 Å². The van der Waals surface area contributed by atoms with Gasteiger partial charge in [-0.15, -0.1) is 0 Å². The molecule has 0 unspecified atom stereocenters. The van der Waals surface area contributed by atoms with Crippen LogP contribution in [-0.2, 0) is 6.54 Å². The van der Waals surface area contributed by atoms with Crippen LogP contribution >= 0.6 is 0 Å². The summed E-state index contributed by atoms with van der Waals surface area (Å²) in [4.78, 5) is 14.2. The smallest absolute Gasteiger partial charge is 0.256 e. The summed E-state index contributed by atoms with van der Waals surface area (Å²) in [5.41, 5.74) is 8.07. The summed E-state index contributed by atoms with van der Waals surface area (Å²) in [6, 6.07) is 17.1. The van der Waals surface area contributed by atoms with Crippen molar-refractivity contribution in [3.63, 3.8) is 0 Å². The summed E-state index contributed by atoms with van der Waals surface area (Å²) in [5, 5.41) is 0. The molecule has 0 aliphatic heterocycles. The molecule has 0 aliphatic carbocycles. The van der Waals surface area contributed by atoms with Crippen LogP contribution in [0.1, 0.15) is 22.8 Å². The number of hydrogen-bond donors (Lipinski definition) is 1. The predicted molar refractivity (Wildman–Crippen MR) is 77.7 cm³/mol. The van der Waals surface area contributed by atoms with Gasteiger partial charge in [0, 0.05) is 18.8 Å². The molecule has 1 amide bonds. The largest absolute Gasteiger partial charge is 0.398 e. The topological polar surface area (TPSA) is 46.3 Å². The van der Waals surface area contributed by atoms with Crippen molar-refractivity contribution in [2.24, 2.45) is 0 Å². The first-order valence-corrected chi connectivity index (χ1v) is 6.40. The Morgan fingerprint density at radius 1 is 1.05 bits per heavy atom. The minimum Gasteiger partial charge on any atom is -0.398 e. The second kappa shape index (κ2) is 6.05. The highest BCUT2D eigenvalue weighted by Crippen LogP contribution is 2.15. The first kappa shape index (κ1) is 13.1. The van der Waals surface area contributed by atoms with Crippen LogP contribution in [0.2, 0.25) is 0 Å². The lowest BCUT2D eigenvalue weighted by Gasteiger charge is -2.21. The van der Waals surface area contributed by atoms with Gasteiger partial charge in [-0.3, -0.25) is 4.79 Å². The Labute approximate surface area is 113 Å². The average molecular weight is 254 g/mol. The van der Waals surface area contributed by atoms with Gasteiger partial charge in [0.15, 0.2) is 0 Å². The second-order valence-corrected chi connectivity index (χ2v) is 4.39. The third kappa shape index (κ3) is 3.13. The maximum Gasteiger partial charge on any atom is 0.256 e. The molecule has 0 radical (unpaired) electrons. The van der Waals surface area contributed by atoms with E-state index in [9.17, 15) is 4.79 Å². The number of para-hydroxylation sites is 1. The fourth-order valence-electron chi connectivity index (χ4n) is 1.99. The maximum absolute atomic E-state index is 12.4. The molecule has 0 aliphatic rings. The van der Waals surface area contributed by atoms with E-state index in [2.05, 4.69) is 0 Å². The SMILES string of the molecule is CCN(Cc1ccccc1)C(=O)c1ccccc1N. The molecular weight excluding hydrogens is 236 g/mol. The van der Waals surface area contributed by atoms with E-state index in [1.165, 1.54) is 0 Å². The van der Waals surface area contributed by atoms with E-state index in [-0.39, 0.29) is 5.91 Å². The predicted octanol–water partition coefficient (Wildman–Crippen LogP) is 2.93. The Morgan fingerprint density at radius 3 is 2.32 bits per heavy atom. The number of anilines is 1. The minimum atomic E-state index is -0.0237. The summed E-state index contributed by atoms with van der Waals surface area (Å²) in [6.07, 6.45) is 0. The highest BCUT2D eigenvalue weighted by Gasteiger charge is 2.16. The highest BCUT2D eigenvalue weighted by atomic mass is 16.2.